The first-order chi connectivity index (χ1) is 16.0. The molecule has 1 aliphatic heterocycles. The molecule has 1 N–H and O–H groups in total. The largest absolute Gasteiger partial charge is 0.497 e. The van der Waals surface area contributed by atoms with Gasteiger partial charge in [0.05, 0.1) is 44.6 Å². The summed E-state index contributed by atoms with van der Waals surface area (Å²) in [5, 5.41) is 4.07. The summed E-state index contributed by atoms with van der Waals surface area (Å²) in [7, 11) is 4.88. The van der Waals surface area contributed by atoms with Gasteiger partial charge in [-0.05, 0) is 44.0 Å². The molecule has 4 rings (SSSR count). The van der Waals surface area contributed by atoms with Crippen LogP contribution in [0.1, 0.15) is 24.1 Å². The normalized spacial score (nSPS) is 14.2. The van der Waals surface area contributed by atoms with Gasteiger partial charge in [-0.2, -0.15) is 0 Å². The van der Waals surface area contributed by atoms with Gasteiger partial charge in [0.2, 0.25) is 11.9 Å². The van der Waals surface area contributed by atoms with Gasteiger partial charge < -0.3 is 24.4 Å². The predicted octanol–water partition coefficient (Wildman–Crippen LogP) is 3.50. The third-order valence-corrected chi connectivity index (χ3v) is 6.20. The van der Waals surface area contributed by atoms with E-state index in [1.54, 1.807) is 21.3 Å². The summed E-state index contributed by atoms with van der Waals surface area (Å²) in [5.41, 5.74) is 2.63. The maximum atomic E-state index is 12.9. The molecule has 0 atom stereocenters. The number of nitrogens with one attached hydrogen (secondary N) is 1. The van der Waals surface area contributed by atoms with E-state index < -0.39 is 0 Å². The zero-order valence-corrected chi connectivity index (χ0v) is 19.6. The molecule has 1 aromatic heterocycles. The summed E-state index contributed by atoms with van der Waals surface area (Å²) in [6.07, 6.45) is 1.49. The molecule has 0 saturated carbocycles. The van der Waals surface area contributed by atoms with Crippen molar-refractivity contribution in [2.45, 2.75) is 26.3 Å². The molecule has 1 amide bonds. The fraction of sp³-hybridized carbons (Fsp3) is 0.400. The molecule has 174 valence electrons. The van der Waals surface area contributed by atoms with Crippen LogP contribution in [-0.4, -0.2) is 50.3 Å². The minimum atomic E-state index is -0.0522. The summed E-state index contributed by atoms with van der Waals surface area (Å²) in [4.78, 5) is 24.5. The van der Waals surface area contributed by atoms with Gasteiger partial charge in [-0.3, -0.25) is 4.79 Å². The summed E-state index contributed by atoms with van der Waals surface area (Å²) in [6.45, 7) is 3.81. The van der Waals surface area contributed by atoms with Gasteiger partial charge in [-0.15, -0.1) is 0 Å². The molecule has 0 unspecified atom stereocenters. The van der Waals surface area contributed by atoms with Gasteiger partial charge >= 0.3 is 0 Å². The molecule has 0 aliphatic carbocycles. The van der Waals surface area contributed by atoms with E-state index in [1.807, 2.05) is 43.3 Å². The molecular formula is C25H30N4O4. The number of hydrogen-bond donors (Lipinski definition) is 1. The number of anilines is 1. The fourth-order valence-electron chi connectivity index (χ4n) is 4.29. The first-order valence-electron chi connectivity index (χ1n) is 11.1. The van der Waals surface area contributed by atoms with Crippen LogP contribution < -0.4 is 24.4 Å². The molecule has 0 bridgehead atoms. The predicted molar refractivity (Wildman–Crippen MR) is 127 cm³/mol. The monoisotopic (exact) mass is 450 g/mol. The minimum Gasteiger partial charge on any atom is -0.497 e. The van der Waals surface area contributed by atoms with Crippen LogP contribution in [0.4, 0.5) is 5.95 Å². The molecule has 1 fully saturated rings. The molecule has 33 heavy (non-hydrogen) atoms. The number of ether oxygens (including phenoxy) is 3. The second kappa shape index (κ2) is 9.94. The van der Waals surface area contributed by atoms with Gasteiger partial charge in [0.15, 0.2) is 0 Å². The molecular weight excluding hydrogens is 420 g/mol. The Labute approximate surface area is 193 Å². The SMILES string of the molecule is COc1ccc2c(C)nc(N3CCC(C(=O)NCc4c(OC)cccc4OC)CC3)nc2c1. The number of aromatic nitrogens is 2. The molecule has 1 aliphatic rings. The highest BCUT2D eigenvalue weighted by Gasteiger charge is 2.27. The van der Waals surface area contributed by atoms with E-state index >= 15 is 0 Å². The number of aryl methyl sites for hydroxylation is 1. The Morgan fingerprint density at radius 1 is 1.03 bits per heavy atom. The number of benzene rings is 2. The molecule has 2 heterocycles. The lowest BCUT2D eigenvalue weighted by molar-refractivity contribution is -0.125. The first kappa shape index (κ1) is 22.6. The lowest BCUT2D eigenvalue weighted by Gasteiger charge is -2.31. The second-order valence-corrected chi connectivity index (χ2v) is 8.11. The molecule has 8 heteroatoms. The van der Waals surface area contributed by atoms with E-state index in [-0.39, 0.29) is 11.8 Å². The zero-order valence-electron chi connectivity index (χ0n) is 19.6. The van der Waals surface area contributed by atoms with Crippen molar-refractivity contribution in [3.05, 3.63) is 47.7 Å². The van der Waals surface area contributed by atoms with Crippen molar-refractivity contribution in [2.24, 2.45) is 5.92 Å². The molecule has 0 spiro atoms. The van der Waals surface area contributed by atoms with Crippen molar-refractivity contribution >= 4 is 22.8 Å². The van der Waals surface area contributed by atoms with Gasteiger partial charge in [0.1, 0.15) is 17.2 Å². The Morgan fingerprint density at radius 3 is 2.36 bits per heavy atom. The van der Waals surface area contributed by atoms with Crippen molar-refractivity contribution in [1.29, 1.82) is 0 Å². The quantitative estimate of drug-likeness (QED) is 0.590. The number of piperidine rings is 1. The number of amides is 1. The summed E-state index contributed by atoms with van der Waals surface area (Å²) < 4.78 is 16.2. The number of rotatable bonds is 7. The Bertz CT molecular complexity index is 1120. The third-order valence-electron chi connectivity index (χ3n) is 6.20. The Balaban J connectivity index is 1.39. The van der Waals surface area contributed by atoms with Crippen LogP contribution in [0.3, 0.4) is 0 Å². The minimum absolute atomic E-state index is 0.0444. The number of nitrogens with zero attached hydrogens (tertiary/aromatic N) is 3. The number of carbonyl (C=O) groups is 1. The Morgan fingerprint density at radius 2 is 1.73 bits per heavy atom. The van der Waals surface area contributed by atoms with Crippen molar-refractivity contribution in [1.82, 2.24) is 15.3 Å². The molecule has 8 nitrogen and oxygen atoms in total. The molecule has 2 aromatic carbocycles. The molecule has 1 saturated heterocycles. The average Bonchev–Trinajstić information content (AvgIpc) is 2.86. The van der Waals surface area contributed by atoms with Gasteiger partial charge in [0, 0.05) is 30.5 Å². The third kappa shape index (κ3) is 4.79. The van der Waals surface area contributed by atoms with Crippen LogP contribution in [0.25, 0.3) is 10.9 Å². The molecule has 3 aromatic rings. The van der Waals surface area contributed by atoms with Crippen LogP contribution in [0.5, 0.6) is 17.2 Å². The Kier molecular flexibility index (Phi) is 6.82. The van der Waals surface area contributed by atoms with Gasteiger partial charge in [0.25, 0.3) is 0 Å². The van der Waals surface area contributed by atoms with Crippen molar-refractivity contribution in [3.8, 4) is 17.2 Å². The average molecular weight is 451 g/mol. The second-order valence-electron chi connectivity index (χ2n) is 8.11. The smallest absolute Gasteiger partial charge is 0.226 e. The van der Waals surface area contributed by atoms with Crippen LogP contribution in [-0.2, 0) is 11.3 Å². The van der Waals surface area contributed by atoms with E-state index in [9.17, 15) is 4.79 Å². The fourth-order valence-corrected chi connectivity index (χ4v) is 4.29. The standard InChI is InChI=1S/C25H30N4O4/c1-16-19-9-8-18(31-2)14-21(19)28-25(27-16)29-12-10-17(11-13-29)24(30)26-15-20-22(32-3)6-5-7-23(20)33-4/h5-9,14,17H,10-13,15H2,1-4H3,(H,26,30). The number of fused-ring (bicyclic) bond motifs is 1. The lowest BCUT2D eigenvalue weighted by atomic mass is 9.96. The van der Waals surface area contributed by atoms with Crippen molar-refractivity contribution in [2.75, 3.05) is 39.3 Å². The van der Waals surface area contributed by atoms with Crippen LogP contribution in [0.2, 0.25) is 0 Å². The Hall–Kier alpha value is -3.55. The van der Waals surface area contributed by atoms with E-state index in [0.29, 0.717) is 24.0 Å². The summed E-state index contributed by atoms with van der Waals surface area (Å²) in [5.74, 6) is 2.86. The summed E-state index contributed by atoms with van der Waals surface area (Å²) in [6, 6.07) is 11.4. The van der Waals surface area contributed by atoms with Gasteiger partial charge in [-0.1, -0.05) is 6.07 Å². The van der Waals surface area contributed by atoms with Crippen LogP contribution >= 0.6 is 0 Å². The van der Waals surface area contributed by atoms with Crippen LogP contribution in [0, 0.1) is 12.8 Å². The summed E-state index contributed by atoms with van der Waals surface area (Å²) >= 11 is 0. The highest BCUT2D eigenvalue weighted by Crippen LogP contribution is 2.29. The van der Waals surface area contributed by atoms with E-state index in [4.69, 9.17) is 24.2 Å². The molecule has 0 radical (unpaired) electrons. The van der Waals surface area contributed by atoms with Crippen LogP contribution in [0.15, 0.2) is 36.4 Å². The van der Waals surface area contributed by atoms with E-state index in [1.165, 1.54) is 0 Å². The number of carbonyl (C=O) groups excluding carboxylic acids is 1. The maximum absolute atomic E-state index is 12.9. The zero-order chi connectivity index (χ0) is 23.4. The highest BCUT2D eigenvalue weighted by molar-refractivity contribution is 5.83. The highest BCUT2D eigenvalue weighted by atomic mass is 16.5. The topological polar surface area (TPSA) is 85.8 Å². The maximum Gasteiger partial charge on any atom is 0.226 e. The van der Waals surface area contributed by atoms with E-state index in [0.717, 1.165) is 53.8 Å². The number of methoxy groups -OCH3 is 3. The van der Waals surface area contributed by atoms with Crippen molar-refractivity contribution < 1.29 is 19.0 Å². The lowest BCUT2D eigenvalue weighted by Crippen LogP contribution is -2.41. The first-order valence-corrected chi connectivity index (χ1v) is 11.1. The van der Waals surface area contributed by atoms with Gasteiger partial charge in [-0.25, -0.2) is 9.97 Å². The number of hydrogen-bond acceptors (Lipinski definition) is 7. The van der Waals surface area contributed by atoms with Crippen molar-refractivity contribution in [3.63, 3.8) is 0 Å². The van der Waals surface area contributed by atoms with E-state index in [2.05, 4.69) is 10.2 Å².